The number of hydrogen-bond donors (Lipinski definition) is 0. The molecule has 0 nitrogen and oxygen atoms in total. The topological polar surface area (TPSA) is 0 Å². The molecular formula is C15H10Br6. The van der Waals surface area contributed by atoms with Crippen LogP contribution < -0.4 is 0 Å². The molecule has 0 aliphatic carbocycles. The molecule has 2 aromatic carbocycles. The summed E-state index contributed by atoms with van der Waals surface area (Å²) < 4.78 is -0.839. The summed E-state index contributed by atoms with van der Waals surface area (Å²) in [5.41, 5.74) is 4.75. The predicted molar refractivity (Wildman–Crippen MR) is 113 cm³/mol. The second-order valence-electron chi connectivity index (χ2n) is 4.53. The standard InChI is InChI=1S/C15H10Br6/c16-14(17,18)12-6-7-13(15(19,20)21)11(9-12)8-10-4-2-1-3-5-10/h1-7,9H,8H2. The third-order valence-corrected chi connectivity index (χ3v) is 5.63. The van der Waals surface area contributed by atoms with Crippen molar-refractivity contribution in [3.8, 4) is 0 Å². The Bertz CT molecular complexity index is 610. The minimum Gasteiger partial charge on any atom is -0.0622 e. The zero-order valence-electron chi connectivity index (χ0n) is 10.6. The fourth-order valence-corrected chi connectivity index (χ4v) is 3.91. The molecule has 6 heteroatoms. The van der Waals surface area contributed by atoms with Gasteiger partial charge in [-0.25, -0.2) is 0 Å². The van der Waals surface area contributed by atoms with Gasteiger partial charge in [-0.2, -0.15) is 0 Å². The summed E-state index contributed by atoms with van der Waals surface area (Å²) in [4.78, 5) is 0. The Labute approximate surface area is 175 Å². The van der Waals surface area contributed by atoms with Crippen LogP contribution >= 0.6 is 95.6 Å². The van der Waals surface area contributed by atoms with Gasteiger partial charge in [0.1, 0.15) is 0 Å². The molecule has 0 aliphatic rings. The highest BCUT2D eigenvalue weighted by molar-refractivity contribution is 9.39. The average molecular weight is 670 g/mol. The molecule has 0 radical (unpaired) electrons. The summed E-state index contributed by atoms with van der Waals surface area (Å²) in [6.07, 6.45) is 0.859. The van der Waals surface area contributed by atoms with Crippen LogP contribution in [0.15, 0.2) is 48.5 Å². The van der Waals surface area contributed by atoms with Gasteiger partial charge in [-0.15, -0.1) is 0 Å². The van der Waals surface area contributed by atoms with Crippen molar-refractivity contribution in [2.45, 2.75) is 10.7 Å². The van der Waals surface area contributed by atoms with E-state index in [9.17, 15) is 0 Å². The molecule has 0 atom stereocenters. The van der Waals surface area contributed by atoms with Crippen molar-refractivity contribution in [1.29, 1.82) is 0 Å². The minimum absolute atomic E-state index is 0.412. The molecule has 2 rings (SSSR count). The van der Waals surface area contributed by atoms with Crippen LogP contribution in [-0.2, 0) is 10.7 Å². The maximum atomic E-state index is 3.62. The third-order valence-electron chi connectivity index (χ3n) is 2.98. The summed E-state index contributed by atoms with van der Waals surface area (Å²) in [6, 6.07) is 16.8. The number of alkyl halides is 6. The Balaban J connectivity index is 2.49. The van der Waals surface area contributed by atoms with E-state index in [0.29, 0.717) is 0 Å². The Kier molecular flexibility index (Phi) is 6.64. The zero-order valence-corrected chi connectivity index (χ0v) is 20.1. The van der Waals surface area contributed by atoms with E-state index in [4.69, 9.17) is 0 Å². The van der Waals surface area contributed by atoms with Crippen LogP contribution in [0.4, 0.5) is 0 Å². The van der Waals surface area contributed by atoms with Gasteiger partial charge in [0, 0.05) is 0 Å². The van der Waals surface area contributed by atoms with Gasteiger partial charge in [0.25, 0.3) is 0 Å². The van der Waals surface area contributed by atoms with E-state index >= 15 is 0 Å². The molecule has 0 saturated carbocycles. The van der Waals surface area contributed by atoms with Crippen molar-refractivity contribution in [3.05, 3.63) is 70.8 Å². The molecule has 0 N–H and O–H groups in total. The first-order chi connectivity index (χ1) is 9.68. The number of benzene rings is 2. The first-order valence-electron chi connectivity index (χ1n) is 5.99. The molecule has 0 fully saturated rings. The van der Waals surface area contributed by atoms with Gasteiger partial charge in [0.2, 0.25) is 0 Å². The summed E-state index contributed by atoms with van der Waals surface area (Å²) >= 11 is 21.6. The Morgan fingerprint density at radius 3 is 1.86 bits per heavy atom. The van der Waals surface area contributed by atoms with Crippen LogP contribution in [-0.4, -0.2) is 0 Å². The molecule has 0 saturated heterocycles. The van der Waals surface area contributed by atoms with Crippen LogP contribution in [0.3, 0.4) is 0 Å². The van der Waals surface area contributed by atoms with Gasteiger partial charge in [-0.05, 0) is 28.7 Å². The van der Waals surface area contributed by atoms with E-state index in [0.717, 1.165) is 17.5 Å². The van der Waals surface area contributed by atoms with Crippen LogP contribution in [0.25, 0.3) is 0 Å². The molecule has 0 aliphatic heterocycles. The Morgan fingerprint density at radius 2 is 1.33 bits per heavy atom. The molecule has 0 aromatic heterocycles. The molecule has 112 valence electrons. The molecule has 0 heterocycles. The second-order valence-corrected chi connectivity index (χ2v) is 18.1. The van der Waals surface area contributed by atoms with Gasteiger partial charge in [0.05, 0.1) is 0 Å². The van der Waals surface area contributed by atoms with Gasteiger partial charge >= 0.3 is 0 Å². The summed E-state index contributed by atoms with van der Waals surface area (Å²) in [5.74, 6) is 0. The van der Waals surface area contributed by atoms with E-state index in [2.05, 4.69) is 138 Å². The summed E-state index contributed by atoms with van der Waals surface area (Å²) in [7, 11) is 0. The molecule has 21 heavy (non-hydrogen) atoms. The maximum absolute atomic E-state index is 3.62. The first kappa shape index (κ1) is 18.7. The lowest BCUT2D eigenvalue weighted by Gasteiger charge is -2.21. The molecule has 0 unspecified atom stereocenters. The third kappa shape index (κ3) is 5.42. The fraction of sp³-hybridized carbons (Fsp3) is 0.200. The number of halogens is 6. The SMILES string of the molecule is BrC(Br)(Br)c1ccc(C(Br)(Br)Br)c(Cc2ccccc2)c1. The highest BCUT2D eigenvalue weighted by Gasteiger charge is 2.27. The van der Waals surface area contributed by atoms with E-state index in [-0.39, 0.29) is 0 Å². The quantitative estimate of drug-likeness (QED) is 0.286. The van der Waals surface area contributed by atoms with E-state index in [1.165, 1.54) is 11.1 Å². The van der Waals surface area contributed by atoms with Crippen LogP contribution in [0.1, 0.15) is 22.3 Å². The molecule has 0 amide bonds. The van der Waals surface area contributed by atoms with Gasteiger partial charge in [-0.1, -0.05) is 144 Å². The summed E-state index contributed by atoms with van der Waals surface area (Å²) in [6.45, 7) is 0. The smallest absolute Gasteiger partial charge is 0.0622 e. The van der Waals surface area contributed by atoms with Gasteiger partial charge in [-0.3, -0.25) is 0 Å². The maximum Gasteiger partial charge on any atom is 0.160 e. The van der Waals surface area contributed by atoms with Crippen LogP contribution in [0.5, 0.6) is 0 Å². The van der Waals surface area contributed by atoms with Crippen molar-refractivity contribution in [3.63, 3.8) is 0 Å². The lowest BCUT2D eigenvalue weighted by Crippen LogP contribution is -2.07. The fourth-order valence-electron chi connectivity index (χ4n) is 2.01. The van der Waals surface area contributed by atoms with Crippen molar-refractivity contribution in [2.24, 2.45) is 0 Å². The van der Waals surface area contributed by atoms with E-state index in [1.54, 1.807) is 0 Å². The highest BCUT2D eigenvalue weighted by Crippen LogP contribution is 2.49. The normalized spacial score (nSPS) is 12.5. The van der Waals surface area contributed by atoms with Crippen LogP contribution in [0, 0.1) is 0 Å². The summed E-state index contributed by atoms with van der Waals surface area (Å²) in [5, 5.41) is 0. The van der Waals surface area contributed by atoms with Gasteiger partial charge < -0.3 is 0 Å². The first-order valence-corrected chi connectivity index (χ1v) is 10.7. The second kappa shape index (κ2) is 7.47. The Morgan fingerprint density at radius 1 is 0.714 bits per heavy atom. The largest absolute Gasteiger partial charge is 0.160 e. The predicted octanol–water partition coefficient (Wildman–Crippen LogP) is 7.87. The highest BCUT2D eigenvalue weighted by atomic mass is 80.0. The number of rotatable bonds is 2. The van der Waals surface area contributed by atoms with E-state index in [1.807, 2.05) is 6.07 Å². The lowest BCUT2D eigenvalue weighted by molar-refractivity contribution is 1.12. The van der Waals surface area contributed by atoms with Crippen molar-refractivity contribution in [2.75, 3.05) is 0 Å². The lowest BCUT2D eigenvalue weighted by atomic mass is 9.99. The average Bonchev–Trinajstić information content (AvgIpc) is 2.37. The molecule has 0 spiro atoms. The van der Waals surface area contributed by atoms with E-state index < -0.39 is 4.29 Å². The monoisotopic (exact) mass is 664 g/mol. The van der Waals surface area contributed by atoms with Crippen molar-refractivity contribution >= 4 is 95.6 Å². The molecule has 0 bridgehead atoms. The molecule has 2 aromatic rings. The number of hydrogen-bond acceptors (Lipinski definition) is 0. The minimum atomic E-state index is -0.427. The molecular weight excluding hydrogens is 660 g/mol. The van der Waals surface area contributed by atoms with Crippen molar-refractivity contribution < 1.29 is 0 Å². The van der Waals surface area contributed by atoms with Crippen molar-refractivity contribution in [1.82, 2.24) is 0 Å². The zero-order chi connectivity index (χ0) is 15.7. The van der Waals surface area contributed by atoms with Crippen LogP contribution in [0.2, 0.25) is 0 Å². The Hall–Kier alpha value is 1.32. The van der Waals surface area contributed by atoms with Gasteiger partial charge in [0.15, 0.2) is 4.29 Å².